The standard InChI is InChI=1S/C18H26N4O/c1-15(19)9-10-18(23)21-14-17-20-11-13-22(17)12-5-8-16-6-3-2-4-7-16/h2-4,6-7,11,13,15H,5,8-10,12,14,19H2,1H3,(H,21,23). The highest BCUT2D eigenvalue weighted by Crippen LogP contribution is 2.06. The number of nitrogens with one attached hydrogen (secondary N) is 1. The van der Waals surface area contributed by atoms with E-state index in [4.69, 9.17) is 5.73 Å². The van der Waals surface area contributed by atoms with Gasteiger partial charge in [0, 0.05) is 31.4 Å². The van der Waals surface area contributed by atoms with Crippen LogP contribution in [-0.4, -0.2) is 21.5 Å². The van der Waals surface area contributed by atoms with Crippen molar-refractivity contribution in [1.82, 2.24) is 14.9 Å². The summed E-state index contributed by atoms with van der Waals surface area (Å²) >= 11 is 0. The number of nitrogens with two attached hydrogens (primary N) is 1. The molecular formula is C18H26N4O. The zero-order valence-electron chi connectivity index (χ0n) is 13.7. The highest BCUT2D eigenvalue weighted by atomic mass is 16.1. The Morgan fingerprint density at radius 3 is 2.87 bits per heavy atom. The van der Waals surface area contributed by atoms with Gasteiger partial charge in [0.1, 0.15) is 5.82 Å². The molecule has 1 heterocycles. The van der Waals surface area contributed by atoms with Gasteiger partial charge < -0.3 is 15.6 Å². The molecule has 0 aliphatic heterocycles. The number of benzene rings is 1. The Labute approximate surface area is 137 Å². The van der Waals surface area contributed by atoms with Crippen molar-refractivity contribution in [2.45, 2.75) is 51.7 Å². The van der Waals surface area contributed by atoms with E-state index < -0.39 is 0 Å². The summed E-state index contributed by atoms with van der Waals surface area (Å²) in [5.74, 6) is 0.924. The summed E-state index contributed by atoms with van der Waals surface area (Å²) in [6, 6.07) is 10.5. The molecule has 5 heteroatoms. The first-order valence-corrected chi connectivity index (χ1v) is 8.21. The zero-order valence-corrected chi connectivity index (χ0v) is 13.7. The lowest BCUT2D eigenvalue weighted by molar-refractivity contribution is -0.121. The van der Waals surface area contributed by atoms with Crippen LogP contribution in [0.3, 0.4) is 0 Å². The number of carbonyl (C=O) groups excluding carboxylic acids is 1. The van der Waals surface area contributed by atoms with E-state index >= 15 is 0 Å². The van der Waals surface area contributed by atoms with E-state index in [1.165, 1.54) is 5.56 Å². The summed E-state index contributed by atoms with van der Waals surface area (Å²) in [5.41, 5.74) is 7.01. The fourth-order valence-electron chi connectivity index (χ4n) is 2.43. The van der Waals surface area contributed by atoms with E-state index in [1.807, 2.05) is 19.2 Å². The van der Waals surface area contributed by atoms with Crippen LogP contribution < -0.4 is 11.1 Å². The van der Waals surface area contributed by atoms with E-state index in [-0.39, 0.29) is 11.9 Å². The number of hydrogen-bond acceptors (Lipinski definition) is 3. The molecule has 1 amide bonds. The molecule has 2 aromatic rings. The lowest BCUT2D eigenvalue weighted by Crippen LogP contribution is -2.26. The van der Waals surface area contributed by atoms with Crippen LogP contribution in [0.4, 0.5) is 0 Å². The van der Waals surface area contributed by atoms with Gasteiger partial charge in [-0.05, 0) is 31.7 Å². The van der Waals surface area contributed by atoms with E-state index in [1.54, 1.807) is 6.20 Å². The van der Waals surface area contributed by atoms with Crippen LogP contribution in [0, 0.1) is 0 Å². The third-order valence-electron chi connectivity index (χ3n) is 3.78. The van der Waals surface area contributed by atoms with Crippen molar-refractivity contribution in [2.24, 2.45) is 5.73 Å². The molecule has 124 valence electrons. The van der Waals surface area contributed by atoms with Crippen molar-refractivity contribution in [3.63, 3.8) is 0 Å². The number of imidazole rings is 1. The second-order valence-electron chi connectivity index (χ2n) is 5.92. The van der Waals surface area contributed by atoms with Gasteiger partial charge in [0.05, 0.1) is 6.54 Å². The molecular weight excluding hydrogens is 288 g/mol. The Hall–Kier alpha value is -2.14. The predicted octanol–water partition coefficient (Wildman–Crippen LogP) is 2.26. The van der Waals surface area contributed by atoms with Crippen LogP contribution in [0.15, 0.2) is 42.7 Å². The maximum Gasteiger partial charge on any atom is 0.220 e. The third kappa shape index (κ3) is 6.24. The number of aromatic nitrogens is 2. The molecule has 0 aliphatic rings. The molecule has 1 unspecified atom stereocenters. The normalized spacial score (nSPS) is 12.1. The summed E-state index contributed by atoms with van der Waals surface area (Å²) in [6.07, 6.45) is 7.01. The largest absolute Gasteiger partial charge is 0.349 e. The van der Waals surface area contributed by atoms with Gasteiger partial charge in [-0.2, -0.15) is 0 Å². The molecule has 0 saturated heterocycles. The van der Waals surface area contributed by atoms with E-state index in [9.17, 15) is 4.79 Å². The Morgan fingerprint density at radius 2 is 2.13 bits per heavy atom. The molecule has 0 saturated carbocycles. The summed E-state index contributed by atoms with van der Waals surface area (Å²) in [6.45, 7) is 3.28. The van der Waals surface area contributed by atoms with Crippen molar-refractivity contribution < 1.29 is 4.79 Å². The fourth-order valence-corrected chi connectivity index (χ4v) is 2.43. The Bertz CT molecular complexity index is 592. The van der Waals surface area contributed by atoms with Gasteiger partial charge in [0.2, 0.25) is 5.91 Å². The summed E-state index contributed by atoms with van der Waals surface area (Å²) in [5, 5.41) is 2.91. The van der Waals surface area contributed by atoms with Crippen molar-refractivity contribution >= 4 is 5.91 Å². The summed E-state index contributed by atoms with van der Waals surface area (Å²) in [7, 11) is 0. The second kappa shape index (κ2) is 9.10. The molecule has 23 heavy (non-hydrogen) atoms. The van der Waals surface area contributed by atoms with Gasteiger partial charge in [0.25, 0.3) is 0 Å². The van der Waals surface area contributed by atoms with Crippen molar-refractivity contribution in [1.29, 1.82) is 0 Å². The Kier molecular flexibility index (Phi) is 6.81. The van der Waals surface area contributed by atoms with Crippen molar-refractivity contribution in [3.05, 3.63) is 54.1 Å². The first kappa shape index (κ1) is 17.2. The van der Waals surface area contributed by atoms with Gasteiger partial charge in [0.15, 0.2) is 0 Å². The predicted molar refractivity (Wildman–Crippen MR) is 91.7 cm³/mol. The summed E-state index contributed by atoms with van der Waals surface area (Å²) < 4.78 is 2.11. The van der Waals surface area contributed by atoms with Gasteiger partial charge >= 0.3 is 0 Å². The highest BCUT2D eigenvalue weighted by Gasteiger charge is 2.07. The number of rotatable bonds is 9. The summed E-state index contributed by atoms with van der Waals surface area (Å²) in [4.78, 5) is 16.1. The van der Waals surface area contributed by atoms with Crippen LogP contribution in [0.1, 0.15) is 37.6 Å². The molecule has 1 atom stereocenters. The monoisotopic (exact) mass is 314 g/mol. The van der Waals surface area contributed by atoms with Crippen molar-refractivity contribution in [2.75, 3.05) is 0 Å². The quantitative estimate of drug-likeness (QED) is 0.745. The van der Waals surface area contributed by atoms with Crippen LogP contribution in [-0.2, 0) is 24.3 Å². The molecule has 0 spiro atoms. The van der Waals surface area contributed by atoms with E-state index in [0.29, 0.717) is 19.4 Å². The number of carbonyl (C=O) groups is 1. The van der Waals surface area contributed by atoms with Gasteiger partial charge in [-0.15, -0.1) is 0 Å². The second-order valence-corrected chi connectivity index (χ2v) is 5.92. The molecule has 5 nitrogen and oxygen atoms in total. The van der Waals surface area contributed by atoms with Gasteiger partial charge in [-0.25, -0.2) is 4.98 Å². The minimum absolute atomic E-state index is 0.0288. The first-order chi connectivity index (χ1) is 11.1. The fraction of sp³-hybridized carbons (Fsp3) is 0.444. The lowest BCUT2D eigenvalue weighted by Gasteiger charge is -2.10. The average Bonchev–Trinajstić information content (AvgIpc) is 2.99. The van der Waals surface area contributed by atoms with E-state index in [0.717, 1.165) is 25.2 Å². The minimum atomic E-state index is 0.0288. The van der Waals surface area contributed by atoms with Crippen LogP contribution >= 0.6 is 0 Å². The molecule has 0 radical (unpaired) electrons. The topological polar surface area (TPSA) is 72.9 Å². The van der Waals surface area contributed by atoms with Crippen LogP contribution in [0.25, 0.3) is 0 Å². The maximum absolute atomic E-state index is 11.7. The first-order valence-electron chi connectivity index (χ1n) is 8.21. The Balaban J connectivity index is 1.74. The molecule has 1 aromatic carbocycles. The molecule has 3 N–H and O–H groups in total. The smallest absolute Gasteiger partial charge is 0.220 e. The van der Waals surface area contributed by atoms with Gasteiger partial charge in [-0.3, -0.25) is 4.79 Å². The van der Waals surface area contributed by atoms with Gasteiger partial charge in [-0.1, -0.05) is 30.3 Å². The van der Waals surface area contributed by atoms with Crippen LogP contribution in [0.2, 0.25) is 0 Å². The zero-order chi connectivity index (χ0) is 16.5. The number of amides is 1. The molecule has 2 rings (SSSR count). The number of nitrogens with zero attached hydrogens (tertiary/aromatic N) is 2. The molecule has 1 aromatic heterocycles. The molecule has 0 bridgehead atoms. The maximum atomic E-state index is 11.7. The molecule has 0 aliphatic carbocycles. The van der Waals surface area contributed by atoms with Crippen LogP contribution in [0.5, 0.6) is 0 Å². The van der Waals surface area contributed by atoms with Crippen molar-refractivity contribution in [3.8, 4) is 0 Å². The minimum Gasteiger partial charge on any atom is -0.349 e. The highest BCUT2D eigenvalue weighted by molar-refractivity contribution is 5.75. The number of hydrogen-bond donors (Lipinski definition) is 2. The third-order valence-corrected chi connectivity index (χ3v) is 3.78. The SMILES string of the molecule is CC(N)CCC(=O)NCc1nccn1CCCc1ccccc1. The average molecular weight is 314 g/mol. The number of aryl methyl sites for hydroxylation is 2. The molecule has 0 fully saturated rings. The lowest BCUT2D eigenvalue weighted by atomic mass is 10.1. The van der Waals surface area contributed by atoms with E-state index in [2.05, 4.69) is 39.1 Å². The Morgan fingerprint density at radius 1 is 1.35 bits per heavy atom.